The molecular weight excluding hydrogens is 274 g/mol. The van der Waals surface area contributed by atoms with Gasteiger partial charge in [0.2, 0.25) is 0 Å². The summed E-state index contributed by atoms with van der Waals surface area (Å²) in [6.45, 7) is 4.29. The van der Waals surface area contributed by atoms with Crippen LogP contribution in [0.15, 0.2) is 29.9 Å². The van der Waals surface area contributed by atoms with E-state index in [0.29, 0.717) is 19.8 Å². The quantitative estimate of drug-likeness (QED) is 0.873. The van der Waals surface area contributed by atoms with Crippen molar-refractivity contribution in [2.75, 3.05) is 19.7 Å². The monoisotopic (exact) mass is 293 g/mol. The van der Waals surface area contributed by atoms with Gasteiger partial charge in [0.1, 0.15) is 5.82 Å². The number of thiophene rings is 1. The molecule has 20 heavy (non-hydrogen) atoms. The van der Waals surface area contributed by atoms with Crippen molar-refractivity contribution in [1.82, 2.24) is 14.5 Å². The van der Waals surface area contributed by atoms with Crippen molar-refractivity contribution >= 4 is 11.3 Å². The molecule has 3 rings (SSSR count). The Bertz CT molecular complexity index is 526. The number of aliphatic hydroxyl groups excluding tert-OH is 1. The second-order valence-electron chi connectivity index (χ2n) is 5.02. The first-order chi connectivity index (χ1) is 9.81. The summed E-state index contributed by atoms with van der Waals surface area (Å²) in [5.74, 6) is 1.07. The molecule has 5 nitrogen and oxygen atoms in total. The summed E-state index contributed by atoms with van der Waals surface area (Å²) in [5, 5.41) is 12.1. The largest absolute Gasteiger partial charge is 0.389 e. The Balaban J connectivity index is 1.40. The van der Waals surface area contributed by atoms with E-state index in [2.05, 4.69) is 14.5 Å². The molecule has 0 radical (unpaired) electrons. The van der Waals surface area contributed by atoms with E-state index in [1.807, 2.05) is 29.9 Å². The van der Waals surface area contributed by atoms with Gasteiger partial charge >= 0.3 is 0 Å². The Morgan fingerprint density at radius 2 is 2.40 bits per heavy atom. The number of aromatic nitrogens is 2. The molecular formula is C14H19N3O2S. The zero-order valence-electron chi connectivity index (χ0n) is 11.3. The number of fused-ring (bicyclic) bond motifs is 1. The number of aliphatic hydroxyl groups is 1. The summed E-state index contributed by atoms with van der Waals surface area (Å²) in [6.07, 6.45) is 3.39. The molecule has 1 aliphatic rings. The van der Waals surface area contributed by atoms with Gasteiger partial charge in [-0.15, -0.1) is 11.3 Å². The predicted molar refractivity (Wildman–Crippen MR) is 77.5 cm³/mol. The minimum absolute atomic E-state index is 0.378. The highest BCUT2D eigenvalue weighted by Crippen LogP contribution is 2.12. The molecule has 0 amide bonds. The average molecular weight is 293 g/mol. The minimum Gasteiger partial charge on any atom is -0.389 e. The maximum absolute atomic E-state index is 10.0. The highest BCUT2D eigenvalue weighted by molar-refractivity contribution is 7.09. The van der Waals surface area contributed by atoms with Gasteiger partial charge in [-0.2, -0.15) is 0 Å². The van der Waals surface area contributed by atoms with Crippen LogP contribution in [0.2, 0.25) is 0 Å². The average Bonchev–Trinajstić information content (AvgIpc) is 3.08. The summed E-state index contributed by atoms with van der Waals surface area (Å²) in [4.78, 5) is 7.74. The molecule has 2 aromatic heterocycles. The summed E-state index contributed by atoms with van der Waals surface area (Å²) >= 11 is 1.68. The lowest BCUT2D eigenvalue weighted by atomic mass is 10.3. The van der Waals surface area contributed by atoms with Gasteiger partial charge in [0.15, 0.2) is 0 Å². The number of rotatable bonds is 6. The van der Waals surface area contributed by atoms with Crippen molar-refractivity contribution in [3.05, 3.63) is 40.6 Å². The highest BCUT2D eigenvalue weighted by atomic mass is 32.1. The molecule has 1 N–H and O–H groups in total. The first kappa shape index (κ1) is 13.8. The summed E-state index contributed by atoms with van der Waals surface area (Å²) in [5.41, 5.74) is 0. The Kier molecular flexibility index (Phi) is 4.47. The number of hydrogen-bond acceptors (Lipinski definition) is 5. The van der Waals surface area contributed by atoms with Crippen LogP contribution in [0.4, 0.5) is 0 Å². The lowest BCUT2D eigenvalue weighted by molar-refractivity contribution is 0.00615. The Labute approximate surface area is 122 Å². The van der Waals surface area contributed by atoms with Crippen molar-refractivity contribution in [2.24, 2.45) is 0 Å². The maximum atomic E-state index is 10.0. The van der Waals surface area contributed by atoms with Crippen LogP contribution in [-0.2, 0) is 24.4 Å². The van der Waals surface area contributed by atoms with Gasteiger partial charge in [-0.05, 0) is 11.4 Å². The van der Waals surface area contributed by atoms with Crippen LogP contribution >= 0.6 is 11.3 Å². The Morgan fingerprint density at radius 1 is 1.45 bits per heavy atom. The molecule has 1 aliphatic heterocycles. The van der Waals surface area contributed by atoms with Gasteiger partial charge in [-0.3, -0.25) is 4.90 Å². The fourth-order valence-corrected chi connectivity index (χ4v) is 3.06. The molecule has 1 atom stereocenters. The van der Waals surface area contributed by atoms with Crippen molar-refractivity contribution in [3.8, 4) is 0 Å². The summed E-state index contributed by atoms with van der Waals surface area (Å²) in [7, 11) is 0. The van der Waals surface area contributed by atoms with Crippen LogP contribution in [0.3, 0.4) is 0 Å². The zero-order valence-corrected chi connectivity index (χ0v) is 12.1. The van der Waals surface area contributed by atoms with Crippen LogP contribution in [-0.4, -0.2) is 45.4 Å². The van der Waals surface area contributed by atoms with E-state index in [-0.39, 0.29) is 0 Å². The first-order valence-electron chi connectivity index (χ1n) is 6.82. The standard InChI is InChI=1S/C14H19N3O2S/c18-12(10-19-11-13-2-1-7-20-13)8-16-5-6-17-4-3-15-14(17)9-16/h1-4,7,12,18H,5-6,8-11H2. The van der Waals surface area contributed by atoms with Crippen molar-refractivity contribution in [2.45, 2.75) is 25.8 Å². The van der Waals surface area contributed by atoms with Gasteiger partial charge in [-0.25, -0.2) is 4.98 Å². The van der Waals surface area contributed by atoms with E-state index in [1.54, 1.807) is 11.3 Å². The fourth-order valence-electron chi connectivity index (χ4n) is 2.42. The number of hydrogen-bond donors (Lipinski definition) is 1. The molecule has 0 spiro atoms. The zero-order chi connectivity index (χ0) is 13.8. The van der Waals surface area contributed by atoms with Gasteiger partial charge < -0.3 is 14.4 Å². The van der Waals surface area contributed by atoms with Gasteiger partial charge in [0.05, 0.1) is 25.9 Å². The van der Waals surface area contributed by atoms with E-state index in [4.69, 9.17) is 4.74 Å². The fraction of sp³-hybridized carbons (Fsp3) is 0.500. The number of imidazole rings is 1. The third kappa shape index (κ3) is 3.46. The smallest absolute Gasteiger partial charge is 0.122 e. The minimum atomic E-state index is -0.448. The van der Waals surface area contributed by atoms with Crippen LogP contribution in [0.5, 0.6) is 0 Å². The van der Waals surface area contributed by atoms with Crippen LogP contribution < -0.4 is 0 Å². The SMILES string of the molecule is OC(COCc1cccs1)CN1CCn2ccnc2C1. The molecule has 1 unspecified atom stereocenters. The molecule has 0 fully saturated rings. The van der Waals surface area contributed by atoms with Crippen LogP contribution in [0.25, 0.3) is 0 Å². The summed E-state index contributed by atoms with van der Waals surface area (Å²) < 4.78 is 7.71. The lowest BCUT2D eigenvalue weighted by Gasteiger charge is -2.29. The molecule has 0 aliphatic carbocycles. The summed E-state index contributed by atoms with van der Waals surface area (Å²) in [6, 6.07) is 4.05. The molecule has 6 heteroatoms. The highest BCUT2D eigenvalue weighted by Gasteiger charge is 2.19. The van der Waals surface area contributed by atoms with Crippen molar-refractivity contribution < 1.29 is 9.84 Å². The first-order valence-corrected chi connectivity index (χ1v) is 7.70. The topological polar surface area (TPSA) is 50.5 Å². The van der Waals surface area contributed by atoms with Crippen molar-refractivity contribution in [3.63, 3.8) is 0 Å². The van der Waals surface area contributed by atoms with E-state index in [1.165, 1.54) is 4.88 Å². The van der Waals surface area contributed by atoms with Crippen LogP contribution in [0, 0.1) is 0 Å². The Hall–Kier alpha value is -1.21. The number of ether oxygens (including phenoxy) is 1. The van der Waals surface area contributed by atoms with Gasteiger partial charge in [-0.1, -0.05) is 6.07 Å². The molecule has 0 aromatic carbocycles. The van der Waals surface area contributed by atoms with Gasteiger partial charge in [0, 0.05) is 36.9 Å². The van der Waals surface area contributed by atoms with E-state index in [0.717, 1.165) is 25.5 Å². The predicted octanol–water partition coefficient (Wildman–Crippen LogP) is 1.34. The molecule has 0 saturated carbocycles. The van der Waals surface area contributed by atoms with Gasteiger partial charge in [0.25, 0.3) is 0 Å². The van der Waals surface area contributed by atoms with E-state index in [9.17, 15) is 5.11 Å². The van der Waals surface area contributed by atoms with E-state index >= 15 is 0 Å². The number of nitrogens with zero attached hydrogens (tertiary/aromatic N) is 3. The van der Waals surface area contributed by atoms with Crippen LogP contribution in [0.1, 0.15) is 10.7 Å². The molecule has 0 saturated heterocycles. The third-order valence-corrected chi connectivity index (χ3v) is 4.28. The van der Waals surface area contributed by atoms with Crippen molar-refractivity contribution in [1.29, 1.82) is 0 Å². The molecule has 3 heterocycles. The lowest BCUT2D eigenvalue weighted by Crippen LogP contribution is -2.40. The molecule has 2 aromatic rings. The molecule has 0 bridgehead atoms. The second kappa shape index (κ2) is 6.49. The second-order valence-corrected chi connectivity index (χ2v) is 6.05. The Morgan fingerprint density at radius 3 is 3.25 bits per heavy atom. The number of β-amino-alcohol motifs (C(OH)–C–C–N with tert-alkyl or cyclic N) is 1. The van der Waals surface area contributed by atoms with E-state index < -0.39 is 6.10 Å². The molecule has 108 valence electrons. The normalized spacial score (nSPS) is 17.1. The third-order valence-electron chi connectivity index (χ3n) is 3.43. The maximum Gasteiger partial charge on any atom is 0.122 e.